The number of hydrogen-bond acceptors (Lipinski definition) is 4. The second-order valence-corrected chi connectivity index (χ2v) is 6.87. The zero-order chi connectivity index (χ0) is 18.1. The van der Waals surface area contributed by atoms with Gasteiger partial charge in [-0.1, -0.05) is 37.3 Å². The van der Waals surface area contributed by atoms with Gasteiger partial charge in [0.15, 0.2) is 0 Å². The van der Waals surface area contributed by atoms with E-state index in [1.165, 1.54) is 0 Å². The van der Waals surface area contributed by atoms with Gasteiger partial charge in [0.1, 0.15) is 0 Å². The van der Waals surface area contributed by atoms with Gasteiger partial charge in [-0.2, -0.15) is 0 Å². The number of rotatable bonds is 9. The maximum Gasteiger partial charge on any atom is 0.315 e. The first-order valence-corrected chi connectivity index (χ1v) is 9.12. The van der Waals surface area contributed by atoms with E-state index in [0.29, 0.717) is 19.4 Å². The SMILES string of the molecule is CC(CNC(=O)NC(CCC(=O)O)Cc1ccccc1)c1nccs1. The molecule has 0 saturated heterocycles. The van der Waals surface area contributed by atoms with Crippen molar-refractivity contribution >= 4 is 23.3 Å². The smallest absolute Gasteiger partial charge is 0.315 e. The molecule has 134 valence electrons. The molecule has 2 unspecified atom stereocenters. The maximum atomic E-state index is 12.2. The molecule has 1 aromatic heterocycles. The molecular formula is C18H23N3O3S. The highest BCUT2D eigenvalue weighted by Crippen LogP contribution is 2.16. The van der Waals surface area contributed by atoms with Gasteiger partial charge in [0.25, 0.3) is 0 Å². The highest BCUT2D eigenvalue weighted by atomic mass is 32.1. The fourth-order valence-corrected chi connectivity index (χ4v) is 3.17. The number of urea groups is 1. The van der Waals surface area contributed by atoms with E-state index < -0.39 is 5.97 Å². The third-order valence-corrected chi connectivity index (χ3v) is 4.82. The number of aromatic nitrogens is 1. The Morgan fingerprint density at radius 1 is 1.28 bits per heavy atom. The first-order valence-electron chi connectivity index (χ1n) is 8.24. The predicted molar refractivity (Wildman–Crippen MR) is 97.9 cm³/mol. The first-order chi connectivity index (χ1) is 12.0. The van der Waals surface area contributed by atoms with Crippen molar-refractivity contribution in [1.82, 2.24) is 15.6 Å². The summed E-state index contributed by atoms with van der Waals surface area (Å²) >= 11 is 1.56. The van der Waals surface area contributed by atoms with E-state index in [1.54, 1.807) is 17.5 Å². The normalized spacial score (nSPS) is 13.0. The molecule has 6 nitrogen and oxygen atoms in total. The van der Waals surface area contributed by atoms with Crippen molar-refractivity contribution in [2.24, 2.45) is 0 Å². The average Bonchev–Trinajstić information content (AvgIpc) is 3.13. The second-order valence-electron chi connectivity index (χ2n) is 5.94. The molecule has 0 bridgehead atoms. The summed E-state index contributed by atoms with van der Waals surface area (Å²) in [6, 6.07) is 9.22. The van der Waals surface area contributed by atoms with Crippen molar-refractivity contribution < 1.29 is 14.7 Å². The molecule has 2 rings (SSSR count). The molecule has 0 radical (unpaired) electrons. The van der Waals surface area contributed by atoms with Gasteiger partial charge in [-0.3, -0.25) is 4.79 Å². The van der Waals surface area contributed by atoms with Crippen LogP contribution in [-0.2, 0) is 11.2 Å². The lowest BCUT2D eigenvalue weighted by Crippen LogP contribution is -2.44. The molecule has 25 heavy (non-hydrogen) atoms. The summed E-state index contributed by atoms with van der Waals surface area (Å²) in [6.07, 6.45) is 2.76. The van der Waals surface area contributed by atoms with E-state index in [2.05, 4.69) is 15.6 Å². The molecule has 3 N–H and O–H groups in total. The average molecular weight is 361 g/mol. The minimum atomic E-state index is -0.863. The number of benzene rings is 1. The number of nitrogens with zero attached hydrogens (tertiary/aromatic N) is 1. The molecule has 1 heterocycles. The summed E-state index contributed by atoms with van der Waals surface area (Å²) in [7, 11) is 0. The van der Waals surface area contributed by atoms with Gasteiger partial charge in [0.2, 0.25) is 0 Å². The van der Waals surface area contributed by atoms with E-state index in [0.717, 1.165) is 10.6 Å². The van der Waals surface area contributed by atoms with Crippen LogP contribution in [0, 0.1) is 0 Å². The van der Waals surface area contributed by atoms with Crippen molar-refractivity contribution in [2.75, 3.05) is 6.54 Å². The van der Waals surface area contributed by atoms with Crippen LogP contribution in [0.5, 0.6) is 0 Å². The number of carbonyl (C=O) groups is 2. The molecule has 0 saturated carbocycles. The summed E-state index contributed by atoms with van der Waals surface area (Å²) in [5.41, 5.74) is 1.06. The standard InChI is InChI=1S/C18H23N3O3S/c1-13(17-19-9-10-25-17)12-20-18(24)21-15(7-8-16(22)23)11-14-5-3-2-4-6-14/h2-6,9-10,13,15H,7-8,11-12H2,1H3,(H,22,23)(H2,20,21,24). The molecule has 0 fully saturated rings. The van der Waals surface area contributed by atoms with Gasteiger partial charge >= 0.3 is 12.0 Å². The monoisotopic (exact) mass is 361 g/mol. The number of amides is 2. The second kappa shape index (κ2) is 9.78. The first kappa shape index (κ1) is 18.9. The molecule has 0 aliphatic carbocycles. The Morgan fingerprint density at radius 2 is 2.04 bits per heavy atom. The summed E-state index contributed by atoms with van der Waals surface area (Å²) in [5, 5.41) is 17.5. The van der Waals surface area contributed by atoms with Gasteiger partial charge < -0.3 is 15.7 Å². The van der Waals surface area contributed by atoms with Crippen LogP contribution in [0.4, 0.5) is 4.79 Å². The van der Waals surface area contributed by atoms with Crippen LogP contribution in [0.1, 0.15) is 36.3 Å². The van der Waals surface area contributed by atoms with Crippen LogP contribution in [0.25, 0.3) is 0 Å². The van der Waals surface area contributed by atoms with Crippen molar-refractivity contribution in [3.63, 3.8) is 0 Å². The third kappa shape index (κ3) is 6.93. The van der Waals surface area contributed by atoms with Crippen LogP contribution < -0.4 is 10.6 Å². The van der Waals surface area contributed by atoms with Crippen molar-refractivity contribution in [1.29, 1.82) is 0 Å². The number of carboxylic acids is 1. The lowest BCUT2D eigenvalue weighted by molar-refractivity contribution is -0.137. The van der Waals surface area contributed by atoms with Crippen molar-refractivity contribution in [2.45, 2.75) is 38.1 Å². The van der Waals surface area contributed by atoms with E-state index in [-0.39, 0.29) is 24.4 Å². The maximum absolute atomic E-state index is 12.2. The summed E-state index contributed by atoms with van der Waals surface area (Å²) in [5.74, 6) is -0.727. The third-order valence-electron chi connectivity index (χ3n) is 3.81. The Bertz CT molecular complexity index is 661. The zero-order valence-electron chi connectivity index (χ0n) is 14.1. The lowest BCUT2D eigenvalue weighted by atomic mass is 10.0. The van der Waals surface area contributed by atoms with E-state index in [9.17, 15) is 9.59 Å². The molecule has 1 aromatic carbocycles. The number of carbonyl (C=O) groups excluding carboxylic acids is 1. The van der Waals surface area contributed by atoms with E-state index >= 15 is 0 Å². The summed E-state index contributed by atoms with van der Waals surface area (Å²) in [4.78, 5) is 27.3. The minimum absolute atomic E-state index is 0.0211. The molecular weight excluding hydrogens is 338 g/mol. The van der Waals surface area contributed by atoms with Gasteiger partial charge in [-0.05, 0) is 18.4 Å². The summed E-state index contributed by atoms with van der Waals surface area (Å²) < 4.78 is 0. The minimum Gasteiger partial charge on any atom is -0.481 e. The summed E-state index contributed by atoms with van der Waals surface area (Å²) in [6.45, 7) is 2.49. The fraction of sp³-hybridized carbons (Fsp3) is 0.389. The highest BCUT2D eigenvalue weighted by molar-refractivity contribution is 7.09. The molecule has 0 aliphatic rings. The Balaban J connectivity index is 1.86. The van der Waals surface area contributed by atoms with Crippen molar-refractivity contribution in [3.8, 4) is 0 Å². The van der Waals surface area contributed by atoms with Crippen LogP contribution >= 0.6 is 11.3 Å². The quantitative estimate of drug-likeness (QED) is 0.640. The zero-order valence-corrected chi connectivity index (χ0v) is 15.0. The van der Waals surface area contributed by atoms with E-state index in [4.69, 9.17) is 5.11 Å². The number of aliphatic carboxylic acids is 1. The molecule has 7 heteroatoms. The Kier molecular flexibility index (Phi) is 7.40. The van der Waals surface area contributed by atoms with Crippen LogP contribution in [0.2, 0.25) is 0 Å². The topological polar surface area (TPSA) is 91.3 Å². The molecule has 2 amide bonds. The molecule has 2 aromatic rings. The van der Waals surface area contributed by atoms with Crippen LogP contribution in [0.15, 0.2) is 41.9 Å². The number of hydrogen-bond donors (Lipinski definition) is 3. The van der Waals surface area contributed by atoms with Gasteiger partial charge in [-0.25, -0.2) is 9.78 Å². The largest absolute Gasteiger partial charge is 0.481 e. The molecule has 2 atom stereocenters. The molecule has 0 spiro atoms. The van der Waals surface area contributed by atoms with Gasteiger partial charge in [0.05, 0.1) is 5.01 Å². The van der Waals surface area contributed by atoms with Crippen molar-refractivity contribution in [3.05, 3.63) is 52.5 Å². The van der Waals surface area contributed by atoms with Crippen LogP contribution in [-0.4, -0.2) is 34.7 Å². The number of carboxylic acid groups (broad SMARTS) is 1. The Labute approximate surface area is 151 Å². The van der Waals surface area contributed by atoms with Gasteiger partial charge in [-0.15, -0.1) is 11.3 Å². The number of nitrogens with one attached hydrogen (secondary N) is 2. The Hall–Kier alpha value is -2.41. The number of thiazole rings is 1. The predicted octanol–water partition coefficient (Wildman–Crippen LogP) is 3.02. The van der Waals surface area contributed by atoms with Crippen LogP contribution in [0.3, 0.4) is 0 Å². The molecule has 0 aliphatic heterocycles. The lowest BCUT2D eigenvalue weighted by Gasteiger charge is -2.19. The van der Waals surface area contributed by atoms with E-state index in [1.807, 2.05) is 42.6 Å². The van der Waals surface area contributed by atoms with Gasteiger partial charge in [0, 0.05) is 36.5 Å². The Morgan fingerprint density at radius 3 is 2.68 bits per heavy atom. The highest BCUT2D eigenvalue weighted by Gasteiger charge is 2.16. The fourth-order valence-electron chi connectivity index (χ4n) is 2.47.